The average molecular weight is 675 g/mol. The van der Waals surface area contributed by atoms with E-state index >= 15 is 0 Å². The Hall–Kier alpha value is -5.28. The van der Waals surface area contributed by atoms with Gasteiger partial charge in [0.15, 0.2) is 0 Å². The molecule has 4 aromatic carbocycles. The van der Waals surface area contributed by atoms with Crippen LogP contribution in [0.3, 0.4) is 0 Å². The molecule has 0 aliphatic rings. The maximum Gasteiger partial charge on any atom is 0.330 e. The molecule has 0 radical (unpaired) electrons. The Morgan fingerprint density at radius 1 is 0.583 bits per heavy atom. The average Bonchev–Trinajstić information content (AvgIpc) is 3.13. The molecule has 6 nitrogen and oxygen atoms in total. The minimum absolute atomic E-state index is 0.329. The third-order valence-corrected chi connectivity index (χ3v) is 8.58. The lowest BCUT2D eigenvalue weighted by molar-refractivity contribution is -0.138. The summed E-state index contributed by atoms with van der Waals surface area (Å²) in [5.41, 5.74) is 5.17. The number of benzene rings is 4. The van der Waals surface area contributed by atoms with E-state index in [0.717, 1.165) is 55.3 Å². The standard InChI is InChI=1S/C40H34O6S2/c1-5-39(41)45-23-25-47-33-17-11-29(12-18-33)7-9-31-15-21-35(37(27-31)43-3)36-22-16-32(28-38(36)44-4)10-8-30-13-19-34(20-14-30)48-26-24-46-40(42)6-2/h5-6,11-22,27-28H,1-2,23-26H2,3-4H3. The number of esters is 2. The van der Waals surface area contributed by atoms with Gasteiger partial charge < -0.3 is 18.9 Å². The van der Waals surface area contributed by atoms with E-state index in [1.165, 1.54) is 0 Å². The van der Waals surface area contributed by atoms with E-state index < -0.39 is 11.9 Å². The van der Waals surface area contributed by atoms with Crippen molar-refractivity contribution in [1.29, 1.82) is 0 Å². The predicted molar refractivity (Wildman–Crippen MR) is 194 cm³/mol. The van der Waals surface area contributed by atoms with Gasteiger partial charge in [0.25, 0.3) is 0 Å². The van der Waals surface area contributed by atoms with Crippen LogP contribution in [0.4, 0.5) is 0 Å². The van der Waals surface area contributed by atoms with Gasteiger partial charge in [-0.1, -0.05) is 36.8 Å². The Bertz CT molecular complexity index is 1730. The molecule has 0 heterocycles. The summed E-state index contributed by atoms with van der Waals surface area (Å²) in [6.07, 6.45) is 2.32. The highest BCUT2D eigenvalue weighted by atomic mass is 32.2. The molecule has 48 heavy (non-hydrogen) atoms. The van der Waals surface area contributed by atoms with Crippen LogP contribution < -0.4 is 9.47 Å². The molecule has 0 atom stereocenters. The molecule has 0 fully saturated rings. The first kappa shape index (κ1) is 35.6. The normalized spacial score (nSPS) is 9.96. The fraction of sp³-hybridized carbons (Fsp3) is 0.150. The highest BCUT2D eigenvalue weighted by Crippen LogP contribution is 2.37. The minimum atomic E-state index is -0.414. The highest BCUT2D eigenvalue weighted by Gasteiger charge is 2.12. The van der Waals surface area contributed by atoms with Crippen molar-refractivity contribution in [2.75, 3.05) is 38.9 Å². The lowest BCUT2D eigenvalue weighted by atomic mass is 9.99. The first-order valence-corrected chi connectivity index (χ1v) is 16.8. The van der Waals surface area contributed by atoms with E-state index in [1.54, 1.807) is 37.7 Å². The van der Waals surface area contributed by atoms with Crippen LogP contribution in [0.25, 0.3) is 11.1 Å². The largest absolute Gasteiger partial charge is 0.496 e. The maximum atomic E-state index is 11.1. The van der Waals surface area contributed by atoms with Crippen molar-refractivity contribution < 1.29 is 28.5 Å². The van der Waals surface area contributed by atoms with Gasteiger partial charge in [-0.3, -0.25) is 0 Å². The Morgan fingerprint density at radius 2 is 0.938 bits per heavy atom. The second-order valence-electron chi connectivity index (χ2n) is 9.82. The molecule has 0 aliphatic heterocycles. The second kappa shape index (κ2) is 18.8. The lowest BCUT2D eigenvalue weighted by Crippen LogP contribution is -2.03. The van der Waals surface area contributed by atoms with Crippen LogP contribution in [-0.2, 0) is 19.1 Å². The third kappa shape index (κ3) is 10.9. The number of hydrogen-bond donors (Lipinski definition) is 0. The van der Waals surface area contributed by atoms with Crippen molar-refractivity contribution in [2.45, 2.75) is 9.79 Å². The van der Waals surface area contributed by atoms with Crippen LogP contribution in [0, 0.1) is 23.7 Å². The molecule has 0 aliphatic carbocycles. The molecular formula is C40H34O6S2. The van der Waals surface area contributed by atoms with Gasteiger partial charge in [0, 0.05) is 66.8 Å². The molecule has 0 spiro atoms. The molecule has 0 saturated heterocycles. The van der Waals surface area contributed by atoms with Crippen LogP contribution in [0.15, 0.2) is 120 Å². The van der Waals surface area contributed by atoms with Gasteiger partial charge in [-0.2, -0.15) is 0 Å². The Morgan fingerprint density at radius 3 is 1.29 bits per heavy atom. The van der Waals surface area contributed by atoms with Gasteiger partial charge in [-0.25, -0.2) is 9.59 Å². The molecule has 4 aromatic rings. The second-order valence-corrected chi connectivity index (χ2v) is 12.2. The zero-order valence-electron chi connectivity index (χ0n) is 26.7. The number of rotatable bonds is 13. The summed E-state index contributed by atoms with van der Waals surface area (Å²) in [4.78, 5) is 24.4. The number of ether oxygens (including phenoxy) is 4. The summed E-state index contributed by atoms with van der Waals surface area (Å²) in [7, 11) is 3.27. The Labute approximate surface area is 290 Å². The molecule has 242 valence electrons. The van der Waals surface area contributed by atoms with Crippen LogP contribution in [0.2, 0.25) is 0 Å². The molecule has 0 saturated carbocycles. The lowest BCUT2D eigenvalue weighted by Gasteiger charge is -2.13. The first-order chi connectivity index (χ1) is 23.4. The highest BCUT2D eigenvalue weighted by molar-refractivity contribution is 7.99. The van der Waals surface area contributed by atoms with E-state index in [1.807, 2.05) is 84.9 Å². The third-order valence-electron chi connectivity index (χ3n) is 6.63. The summed E-state index contributed by atoms with van der Waals surface area (Å²) in [5.74, 6) is 14.7. The van der Waals surface area contributed by atoms with E-state index in [-0.39, 0.29) is 0 Å². The molecular weight excluding hydrogens is 641 g/mol. The number of carbonyl (C=O) groups excluding carboxylic acids is 2. The number of methoxy groups -OCH3 is 2. The van der Waals surface area contributed by atoms with Crippen molar-refractivity contribution >= 4 is 35.5 Å². The fourth-order valence-electron chi connectivity index (χ4n) is 4.26. The molecule has 8 heteroatoms. The van der Waals surface area contributed by atoms with Crippen molar-refractivity contribution in [3.05, 3.63) is 132 Å². The summed E-state index contributed by atoms with van der Waals surface area (Å²) < 4.78 is 21.5. The first-order valence-electron chi connectivity index (χ1n) is 14.9. The summed E-state index contributed by atoms with van der Waals surface area (Å²) in [5, 5.41) is 0. The summed E-state index contributed by atoms with van der Waals surface area (Å²) >= 11 is 3.21. The van der Waals surface area contributed by atoms with Gasteiger partial charge in [-0.05, 0) is 84.9 Å². The number of hydrogen-bond acceptors (Lipinski definition) is 8. The van der Waals surface area contributed by atoms with Gasteiger partial charge in [0.2, 0.25) is 0 Å². The quantitative estimate of drug-likeness (QED) is 0.0468. The fourth-order valence-corrected chi connectivity index (χ4v) is 5.72. The van der Waals surface area contributed by atoms with E-state index in [4.69, 9.17) is 18.9 Å². The zero-order chi connectivity index (χ0) is 34.1. The van der Waals surface area contributed by atoms with Crippen molar-refractivity contribution in [3.8, 4) is 46.3 Å². The molecule has 0 N–H and O–H groups in total. The Kier molecular flexibility index (Phi) is 13.9. The Balaban J connectivity index is 1.40. The smallest absolute Gasteiger partial charge is 0.330 e. The van der Waals surface area contributed by atoms with Gasteiger partial charge in [0.1, 0.15) is 24.7 Å². The molecule has 4 rings (SSSR count). The van der Waals surface area contributed by atoms with Gasteiger partial charge in [-0.15, -0.1) is 23.5 Å². The molecule has 0 unspecified atom stereocenters. The van der Waals surface area contributed by atoms with Crippen molar-refractivity contribution in [2.24, 2.45) is 0 Å². The molecule has 0 aromatic heterocycles. The van der Waals surface area contributed by atoms with Crippen LogP contribution in [-0.4, -0.2) is 50.9 Å². The summed E-state index contributed by atoms with van der Waals surface area (Å²) in [6, 6.07) is 27.6. The van der Waals surface area contributed by atoms with E-state index in [2.05, 4.69) is 36.8 Å². The topological polar surface area (TPSA) is 71.1 Å². The van der Waals surface area contributed by atoms with Crippen molar-refractivity contribution in [3.63, 3.8) is 0 Å². The predicted octanol–water partition coefficient (Wildman–Crippen LogP) is 7.81. The zero-order valence-corrected chi connectivity index (χ0v) is 28.4. The minimum Gasteiger partial charge on any atom is -0.496 e. The number of carbonyl (C=O) groups is 2. The molecule has 0 amide bonds. The van der Waals surface area contributed by atoms with Gasteiger partial charge in [0.05, 0.1) is 14.2 Å². The van der Waals surface area contributed by atoms with Crippen LogP contribution >= 0.6 is 23.5 Å². The molecule has 0 bridgehead atoms. The SMILES string of the molecule is C=CC(=O)OCCSc1ccc(C#Cc2ccc(-c3ccc(C#Cc4ccc(SCCOC(=O)C=C)cc4)cc3OC)c(OC)c2)cc1. The van der Waals surface area contributed by atoms with Crippen LogP contribution in [0.1, 0.15) is 22.3 Å². The van der Waals surface area contributed by atoms with E-state index in [0.29, 0.717) is 36.2 Å². The summed E-state index contributed by atoms with van der Waals surface area (Å²) in [6.45, 7) is 7.44. The maximum absolute atomic E-state index is 11.1. The van der Waals surface area contributed by atoms with Gasteiger partial charge >= 0.3 is 11.9 Å². The van der Waals surface area contributed by atoms with Crippen LogP contribution in [0.5, 0.6) is 11.5 Å². The van der Waals surface area contributed by atoms with Crippen molar-refractivity contribution in [1.82, 2.24) is 0 Å². The number of thioether (sulfide) groups is 2. The monoisotopic (exact) mass is 674 g/mol. The van der Waals surface area contributed by atoms with E-state index in [9.17, 15) is 9.59 Å².